The third-order valence-electron chi connectivity index (χ3n) is 5.86. The van der Waals surface area contributed by atoms with Crippen LogP contribution in [0.3, 0.4) is 0 Å². The molecule has 0 N–H and O–H groups in total. The molecule has 5 aromatic rings. The summed E-state index contributed by atoms with van der Waals surface area (Å²) in [6.07, 6.45) is 4.81. The molecule has 0 aliphatic rings. The summed E-state index contributed by atoms with van der Waals surface area (Å²) < 4.78 is 2.04. The van der Waals surface area contributed by atoms with E-state index in [1.54, 1.807) is 0 Å². The molecule has 3 nitrogen and oxygen atoms in total. The fourth-order valence-corrected chi connectivity index (χ4v) is 4.38. The minimum absolute atomic E-state index is 0.649. The second-order valence-corrected chi connectivity index (χ2v) is 7.73. The summed E-state index contributed by atoms with van der Waals surface area (Å²) in [7, 11) is 0. The minimum Gasteiger partial charge on any atom is -0.298 e. The Hall–Kier alpha value is -4.24. The first kappa shape index (κ1) is 19.7. The van der Waals surface area contributed by atoms with Gasteiger partial charge in [0.15, 0.2) is 0 Å². The predicted octanol–water partition coefficient (Wildman–Crippen LogP) is 6.20. The minimum atomic E-state index is -0.649. The van der Waals surface area contributed by atoms with E-state index >= 15 is 0 Å². The molecule has 0 aliphatic carbocycles. The number of aldehydes is 1. The smallest absolute Gasteiger partial charge is 0.150 e. The van der Waals surface area contributed by atoms with Crippen LogP contribution in [-0.4, -0.2) is 16.1 Å². The summed E-state index contributed by atoms with van der Waals surface area (Å²) in [5, 5.41) is 4.88. The van der Waals surface area contributed by atoms with E-state index in [4.69, 9.17) is 5.10 Å². The molecule has 4 aromatic carbocycles. The largest absolute Gasteiger partial charge is 0.298 e. The molecular formula is C29H22N2O. The average molecular weight is 415 g/mol. The van der Waals surface area contributed by atoms with Gasteiger partial charge < -0.3 is 0 Å². The van der Waals surface area contributed by atoms with Crippen LogP contribution in [-0.2, 0) is 5.54 Å². The van der Waals surface area contributed by atoms with E-state index < -0.39 is 5.54 Å². The Balaban J connectivity index is 1.80. The number of aromatic nitrogens is 2. The van der Waals surface area contributed by atoms with Crippen LogP contribution in [0.15, 0.2) is 128 Å². The predicted molar refractivity (Wildman–Crippen MR) is 128 cm³/mol. The number of nitrogens with zero attached hydrogens (tertiary/aromatic N) is 2. The van der Waals surface area contributed by atoms with E-state index in [2.05, 4.69) is 79.0 Å². The molecule has 154 valence electrons. The second-order valence-electron chi connectivity index (χ2n) is 7.73. The molecule has 0 spiro atoms. The molecule has 1 heterocycles. The first-order valence-electron chi connectivity index (χ1n) is 10.6. The molecule has 0 saturated carbocycles. The standard InChI is InChI=1S/C29H22N2O/c32-22-23-11-10-12-24(19-23)25-20-30-31(21-25)29(26-13-4-1-5-14-26,27-15-6-2-7-16-27)28-17-8-3-9-18-28/h1-22H. The van der Waals surface area contributed by atoms with Crippen molar-refractivity contribution in [3.8, 4) is 11.1 Å². The van der Waals surface area contributed by atoms with E-state index in [9.17, 15) is 4.79 Å². The zero-order valence-corrected chi connectivity index (χ0v) is 17.5. The van der Waals surface area contributed by atoms with Gasteiger partial charge in [-0.1, -0.05) is 109 Å². The molecule has 0 bridgehead atoms. The monoisotopic (exact) mass is 414 g/mol. The third kappa shape index (κ3) is 3.34. The molecule has 5 rings (SSSR count). The number of benzene rings is 4. The van der Waals surface area contributed by atoms with E-state index in [0.29, 0.717) is 5.56 Å². The molecule has 0 atom stereocenters. The molecule has 0 aliphatic heterocycles. The lowest BCUT2D eigenvalue weighted by Gasteiger charge is -2.36. The van der Waals surface area contributed by atoms with Crippen LogP contribution in [0.1, 0.15) is 27.0 Å². The van der Waals surface area contributed by atoms with Gasteiger partial charge in [0.25, 0.3) is 0 Å². The zero-order chi connectivity index (χ0) is 21.8. The van der Waals surface area contributed by atoms with Crippen molar-refractivity contribution in [2.75, 3.05) is 0 Å². The van der Waals surface area contributed by atoms with Crippen molar-refractivity contribution >= 4 is 6.29 Å². The number of rotatable bonds is 6. The third-order valence-corrected chi connectivity index (χ3v) is 5.86. The van der Waals surface area contributed by atoms with Crippen molar-refractivity contribution in [1.29, 1.82) is 0 Å². The van der Waals surface area contributed by atoms with Crippen LogP contribution in [0.5, 0.6) is 0 Å². The summed E-state index contributed by atoms with van der Waals surface area (Å²) in [5.41, 5.74) is 5.28. The maximum atomic E-state index is 11.3. The van der Waals surface area contributed by atoms with E-state index in [-0.39, 0.29) is 0 Å². The Bertz CT molecular complexity index is 1230. The first-order valence-corrected chi connectivity index (χ1v) is 10.6. The van der Waals surface area contributed by atoms with Crippen molar-refractivity contribution in [3.05, 3.63) is 150 Å². The fourth-order valence-electron chi connectivity index (χ4n) is 4.38. The van der Waals surface area contributed by atoms with Crippen LogP contribution >= 0.6 is 0 Å². The van der Waals surface area contributed by atoms with Crippen molar-refractivity contribution in [2.24, 2.45) is 0 Å². The quantitative estimate of drug-likeness (QED) is 0.245. The maximum Gasteiger partial charge on any atom is 0.150 e. The Kier molecular flexibility index (Phi) is 5.22. The summed E-state index contributed by atoms with van der Waals surface area (Å²) in [6.45, 7) is 0. The molecular weight excluding hydrogens is 392 g/mol. The van der Waals surface area contributed by atoms with Gasteiger partial charge in [-0.2, -0.15) is 5.10 Å². The summed E-state index contributed by atoms with van der Waals surface area (Å²) in [5.74, 6) is 0. The molecule has 0 fully saturated rings. The Labute approximate surface area is 187 Å². The van der Waals surface area contributed by atoms with Gasteiger partial charge in [-0.25, -0.2) is 0 Å². The van der Waals surface area contributed by atoms with Gasteiger partial charge in [-0.15, -0.1) is 0 Å². The van der Waals surface area contributed by atoms with Gasteiger partial charge in [0.2, 0.25) is 0 Å². The number of hydrogen-bond acceptors (Lipinski definition) is 2. The first-order chi connectivity index (χ1) is 15.8. The van der Waals surface area contributed by atoms with Crippen LogP contribution < -0.4 is 0 Å². The number of hydrogen-bond donors (Lipinski definition) is 0. The van der Waals surface area contributed by atoms with E-state index in [0.717, 1.165) is 34.1 Å². The highest BCUT2D eigenvalue weighted by Crippen LogP contribution is 2.41. The van der Waals surface area contributed by atoms with Crippen molar-refractivity contribution in [3.63, 3.8) is 0 Å². The zero-order valence-electron chi connectivity index (χ0n) is 17.5. The fraction of sp³-hybridized carbons (Fsp3) is 0.0345. The van der Waals surface area contributed by atoms with Crippen LogP contribution in [0.25, 0.3) is 11.1 Å². The SMILES string of the molecule is O=Cc1cccc(-c2cnn(C(c3ccccc3)(c3ccccc3)c3ccccc3)c2)c1. The highest BCUT2D eigenvalue weighted by atomic mass is 16.1. The van der Waals surface area contributed by atoms with Crippen molar-refractivity contribution < 1.29 is 4.79 Å². The van der Waals surface area contributed by atoms with Crippen molar-refractivity contribution in [1.82, 2.24) is 9.78 Å². The van der Waals surface area contributed by atoms with Gasteiger partial charge in [-0.05, 0) is 28.3 Å². The highest BCUT2D eigenvalue weighted by Gasteiger charge is 2.39. The summed E-state index contributed by atoms with van der Waals surface area (Å²) in [6, 6.07) is 39.0. The second kappa shape index (κ2) is 8.48. The average Bonchev–Trinajstić information content (AvgIpc) is 3.37. The lowest BCUT2D eigenvalue weighted by Crippen LogP contribution is -2.38. The normalized spacial score (nSPS) is 11.2. The topological polar surface area (TPSA) is 34.9 Å². The summed E-state index contributed by atoms with van der Waals surface area (Å²) >= 11 is 0. The van der Waals surface area contributed by atoms with Gasteiger partial charge in [-0.3, -0.25) is 9.48 Å². The Morgan fingerprint density at radius 2 is 1.16 bits per heavy atom. The highest BCUT2D eigenvalue weighted by molar-refractivity contribution is 5.78. The molecule has 3 heteroatoms. The van der Waals surface area contributed by atoms with Crippen LogP contribution in [0.2, 0.25) is 0 Å². The van der Waals surface area contributed by atoms with E-state index in [1.165, 1.54) is 0 Å². The maximum absolute atomic E-state index is 11.3. The van der Waals surface area contributed by atoms with Gasteiger partial charge in [0, 0.05) is 17.3 Å². The molecule has 0 saturated heterocycles. The number of carbonyl (C=O) groups excluding carboxylic acids is 1. The molecule has 0 amide bonds. The van der Waals surface area contributed by atoms with Crippen molar-refractivity contribution in [2.45, 2.75) is 5.54 Å². The van der Waals surface area contributed by atoms with Crippen LogP contribution in [0.4, 0.5) is 0 Å². The van der Waals surface area contributed by atoms with Gasteiger partial charge in [0.05, 0.1) is 6.20 Å². The summed E-state index contributed by atoms with van der Waals surface area (Å²) in [4.78, 5) is 11.3. The van der Waals surface area contributed by atoms with E-state index in [1.807, 2.05) is 53.3 Å². The molecule has 1 aromatic heterocycles. The Morgan fingerprint density at radius 3 is 1.66 bits per heavy atom. The lowest BCUT2D eigenvalue weighted by atomic mass is 9.77. The molecule has 32 heavy (non-hydrogen) atoms. The molecule has 0 unspecified atom stereocenters. The Morgan fingerprint density at radius 1 is 0.625 bits per heavy atom. The molecule has 0 radical (unpaired) electrons. The van der Waals surface area contributed by atoms with Crippen LogP contribution in [0, 0.1) is 0 Å². The van der Waals surface area contributed by atoms with Gasteiger partial charge in [0.1, 0.15) is 11.8 Å². The number of carbonyl (C=O) groups is 1. The lowest BCUT2D eigenvalue weighted by molar-refractivity contribution is 0.112. The van der Waals surface area contributed by atoms with Gasteiger partial charge >= 0.3 is 0 Å².